The minimum atomic E-state index is -0.308. The number of hydrogen-bond acceptors (Lipinski definition) is 3. The van der Waals surface area contributed by atoms with Crippen molar-refractivity contribution in [3.63, 3.8) is 0 Å². The summed E-state index contributed by atoms with van der Waals surface area (Å²) in [6.07, 6.45) is 3.76. The van der Waals surface area contributed by atoms with E-state index >= 15 is 0 Å². The molecule has 1 saturated heterocycles. The van der Waals surface area contributed by atoms with Gasteiger partial charge in [0.1, 0.15) is 6.61 Å². The van der Waals surface area contributed by atoms with Crippen LogP contribution in [0.15, 0.2) is 24.4 Å². The van der Waals surface area contributed by atoms with Crippen LogP contribution in [0.5, 0.6) is 0 Å². The van der Waals surface area contributed by atoms with Gasteiger partial charge in [0.05, 0.1) is 6.04 Å². The van der Waals surface area contributed by atoms with Gasteiger partial charge in [0, 0.05) is 30.7 Å². The van der Waals surface area contributed by atoms with Crippen LogP contribution in [0.1, 0.15) is 11.1 Å². The van der Waals surface area contributed by atoms with E-state index in [2.05, 4.69) is 60.3 Å². The molecule has 0 aliphatic carbocycles. The van der Waals surface area contributed by atoms with Crippen LogP contribution in [0.4, 0.5) is 4.79 Å². The minimum absolute atomic E-state index is 0.0823. The summed E-state index contributed by atoms with van der Waals surface area (Å²) in [5, 5.41) is 4.15. The number of rotatable bonds is 5. The molecule has 0 spiro atoms. The van der Waals surface area contributed by atoms with Gasteiger partial charge in [-0.15, -0.1) is 0 Å². The molecule has 5 nitrogen and oxygen atoms in total. The molecule has 3 rings (SSSR count). The van der Waals surface area contributed by atoms with Crippen molar-refractivity contribution >= 4 is 17.0 Å². The van der Waals surface area contributed by atoms with Crippen molar-refractivity contribution in [2.24, 2.45) is 7.05 Å². The van der Waals surface area contributed by atoms with Gasteiger partial charge < -0.3 is 19.5 Å². The topological polar surface area (TPSA) is 46.5 Å². The molecule has 0 radical (unpaired) electrons. The number of nitrogens with one attached hydrogen (secondary N) is 1. The van der Waals surface area contributed by atoms with Crippen LogP contribution in [0.25, 0.3) is 10.9 Å². The van der Waals surface area contributed by atoms with Crippen molar-refractivity contribution in [2.75, 3.05) is 27.2 Å². The highest BCUT2D eigenvalue weighted by atomic mass is 16.6. The molecular formula is C17H23N3O2. The van der Waals surface area contributed by atoms with Crippen molar-refractivity contribution in [2.45, 2.75) is 18.9 Å². The van der Waals surface area contributed by atoms with Crippen LogP contribution in [0.2, 0.25) is 0 Å². The van der Waals surface area contributed by atoms with Crippen molar-refractivity contribution in [3.8, 4) is 0 Å². The average molecular weight is 301 g/mol. The monoisotopic (exact) mass is 301 g/mol. The van der Waals surface area contributed by atoms with E-state index in [-0.39, 0.29) is 12.1 Å². The normalized spacial score (nSPS) is 18.0. The standard InChI is InChI=1S/C17H23N3O2/c1-19(2)7-6-13-10-20(3)16-5-4-12(9-15(13)16)8-14-11-22-17(21)18-14/h4-5,9-10,14H,6-8,11H2,1-3H3,(H,18,21). The average Bonchev–Trinajstić information content (AvgIpc) is 3.01. The van der Waals surface area contributed by atoms with E-state index in [1.54, 1.807) is 0 Å². The maximum absolute atomic E-state index is 11.1. The molecule has 1 aliphatic heterocycles. The fraction of sp³-hybridized carbons (Fsp3) is 0.471. The molecule has 1 fully saturated rings. The summed E-state index contributed by atoms with van der Waals surface area (Å²) in [6, 6.07) is 6.65. The molecule has 118 valence electrons. The van der Waals surface area contributed by atoms with E-state index in [1.807, 2.05) is 0 Å². The maximum atomic E-state index is 11.1. The van der Waals surface area contributed by atoms with Crippen LogP contribution in [0, 0.1) is 0 Å². The van der Waals surface area contributed by atoms with Crippen molar-refractivity contribution in [1.29, 1.82) is 0 Å². The van der Waals surface area contributed by atoms with Gasteiger partial charge in [-0.2, -0.15) is 0 Å². The van der Waals surface area contributed by atoms with Gasteiger partial charge in [-0.25, -0.2) is 4.79 Å². The summed E-state index contributed by atoms with van der Waals surface area (Å²) < 4.78 is 7.14. The number of alkyl carbamates (subject to hydrolysis) is 1. The third-order valence-electron chi connectivity index (χ3n) is 4.18. The number of carbonyl (C=O) groups excluding carboxylic acids is 1. The summed E-state index contributed by atoms with van der Waals surface area (Å²) in [6.45, 7) is 1.50. The Morgan fingerprint density at radius 1 is 1.41 bits per heavy atom. The predicted octanol–water partition coefficient (Wildman–Crippen LogP) is 1.93. The van der Waals surface area contributed by atoms with Gasteiger partial charge in [-0.05, 0) is 50.2 Å². The summed E-state index contributed by atoms with van der Waals surface area (Å²) in [7, 11) is 6.28. The Morgan fingerprint density at radius 3 is 2.91 bits per heavy atom. The molecule has 5 heteroatoms. The molecule has 0 saturated carbocycles. The zero-order valence-corrected chi connectivity index (χ0v) is 13.4. The Morgan fingerprint density at radius 2 is 2.23 bits per heavy atom. The molecule has 2 heterocycles. The van der Waals surface area contributed by atoms with Crippen molar-refractivity contribution in [3.05, 3.63) is 35.5 Å². The molecule has 1 amide bonds. The lowest BCUT2D eigenvalue weighted by atomic mass is 10.0. The number of benzene rings is 1. The third-order valence-corrected chi connectivity index (χ3v) is 4.18. The molecule has 1 unspecified atom stereocenters. The van der Waals surface area contributed by atoms with Crippen molar-refractivity contribution in [1.82, 2.24) is 14.8 Å². The number of aryl methyl sites for hydroxylation is 1. The number of fused-ring (bicyclic) bond motifs is 1. The number of nitrogens with zero attached hydrogens (tertiary/aromatic N) is 2. The first-order valence-corrected chi connectivity index (χ1v) is 7.68. The Bertz CT molecular complexity index is 691. The molecular weight excluding hydrogens is 278 g/mol. The first kappa shape index (κ1) is 14.9. The van der Waals surface area contributed by atoms with E-state index in [0.717, 1.165) is 19.4 Å². The van der Waals surface area contributed by atoms with E-state index in [4.69, 9.17) is 4.74 Å². The number of ether oxygens (including phenoxy) is 1. The Balaban J connectivity index is 1.83. The second kappa shape index (κ2) is 6.01. The van der Waals surface area contributed by atoms with Crippen LogP contribution >= 0.6 is 0 Å². The zero-order valence-electron chi connectivity index (χ0n) is 13.4. The van der Waals surface area contributed by atoms with Crippen LogP contribution in [-0.4, -0.2) is 48.8 Å². The van der Waals surface area contributed by atoms with Crippen LogP contribution < -0.4 is 5.32 Å². The molecule has 22 heavy (non-hydrogen) atoms. The van der Waals surface area contributed by atoms with Gasteiger partial charge >= 0.3 is 6.09 Å². The lowest BCUT2D eigenvalue weighted by molar-refractivity contribution is 0.177. The van der Waals surface area contributed by atoms with E-state index < -0.39 is 0 Å². The summed E-state index contributed by atoms with van der Waals surface area (Å²) in [4.78, 5) is 13.3. The first-order valence-electron chi connectivity index (χ1n) is 7.68. The highest BCUT2D eigenvalue weighted by Gasteiger charge is 2.22. The highest BCUT2D eigenvalue weighted by molar-refractivity contribution is 5.84. The lowest BCUT2D eigenvalue weighted by Gasteiger charge is -2.10. The fourth-order valence-electron chi connectivity index (χ4n) is 3.01. The molecule has 1 aliphatic rings. The zero-order chi connectivity index (χ0) is 15.7. The van der Waals surface area contributed by atoms with E-state index in [1.165, 1.54) is 22.0 Å². The Hall–Kier alpha value is -2.01. The fourth-order valence-corrected chi connectivity index (χ4v) is 3.01. The second-order valence-electron chi connectivity index (χ2n) is 6.31. The smallest absolute Gasteiger partial charge is 0.407 e. The molecule has 2 aromatic rings. The number of amides is 1. The SMILES string of the molecule is CN(C)CCc1cn(C)c2ccc(CC3COC(=O)N3)cc12. The van der Waals surface area contributed by atoms with Gasteiger partial charge in [-0.3, -0.25) is 0 Å². The molecule has 1 aromatic heterocycles. The van der Waals surface area contributed by atoms with Gasteiger partial charge in [-0.1, -0.05) is 6.07 Å². The van der Waals surface area contributed by atoms with Gasteiger partial charge in [0.25, 0.3) is 0 Å². The molecule has 1 N–H and O–H groups in total. The Labute approximate surface area is 130 Å². The van der Waals surface area contributed by atoms with Gasteiger partial charge in [0.2, 0.25) is 0 Å². The third kappa shape index (κ3) is 3.09. The summed E-state index contributed by atoms with van der Waals surface area (Å²) >= 11 is 0. The van der Waals surface area contributed by atoms with E-state index in [9.17, 15) is 4.79 Å². The largest absolute Gasteiger partial charge is 0.447 e. The number of hydrogen-bond donors (Lipinski definition) is 1. The predicted molar refractivity (Wildman–Crippen MR) is 87.2 cm³/mol. The minimum Gasteiger partial charge on any atom is -0.447 e. The van der Waals surface area contributed by atoms with E-state index in [0.29, 0.717) is 6.61 Å². The quantitative estimate of drug-likeness (QED) is 0.918. The molecule has 1 aromatic carbocycles. The number of carbonyl (C=O) groups is 1. The lowest BCUT2D eigenvalue weighted by Crippen LogP contribution is -2.28. The summed E-state index contributed by atoms with van der Waals surface area (Å²) in [5.74, 6) is 0. The molecule has 0 bridgehead atoms. The molecule has 1 atom stereocenters. The maximum Gasteiger partial charge on any atom is 0.407 e. The number of likely N-dealkylation sites (N-methyl/N-ethyl adjacent to an activating group) is 1. The second-order valence-corrected chi connectivity index (χ2v) is 6.31. The number of aromatic nitrogens is 1. The highest BCUT2D eigenvalue weighted by Crippen LogP contribution is 2.23. The van der Waals surface area contributed by atoms with Crippen LogP contribution in [0.3, 0.4) is 0 Å². The van der Waals surface area contributed by atoms with Crippen molar-refractivity contribution < 1.29 is 9.53 Å². The first-order chi connectivity index (χ1) is 10.5. The Kier molecular flexibility index (Phi) is 4.07. The summed E-state index contributed by atoms with van der Waals surface area (Å²) in [5.41, 5.74) is 3.87. The number of cyclic esters (lactones) is 1. The van der Waals surface area contributed by atoms with Crippen LogP contribution in [-0.2, 0) is 24.6 Å². The van der Waals surface area contributed by atoms with Gasteiger partial charge in [0.15, 0.2) is 0 Å².